The summed E-state index contributed by atoms with van der Waals surface area (Å²) in [4.78, 5) is 21.5. The quantitative estimate of drug-likeness (QED) is 0.438. The fraction of sp³-hybridized carbons (Fsp3) is 0.600. The molecule has 0 spiro atoms. The number of rotatable bonds is 7. The monoisotopic (exact) mass is 304 g/mol. The van der Waals surface area contributed by atoms with Gasteiger partial charge in [0.1, 0.15) is 0 Å². The molecular weight excluding hydrogens is 280 g/mol. The Balaban J connectivity index is 0. The smallest absolute Gasteiger partial charge is 0.313 e. The van der Waals surface area contributed by atoms with Crippen molar-refractivity contribution >= 4 is 23.5 Å². The van der Waals surface area contributed by atoms with Gasteiger partial charge in [-0.25, -0.2) is 0 Å². The van der Waals surface area contributed by atoms with Gasteiger partial charge in [-0.15, -0.1) is 13.2 Å². The molecular formula is C15H25ClO4. The molecule has 0 radical (unpaired) electrons. The molecule has 0 aliphatic carbocycles. The van der Waals surface area contributed by atoms with E-state index in [4.69, 9.17) is 16.7 Å². The number of carbonyl (C=O) groups excluding carboxylic acids is 1. The highest BCUT2D eigenvalue weighted by molar-refractivity contribution is 6.17. The van der Waals surface area contributed by atoms with Crippen molar-refractivity contribution in [1.82, 2.24) is 0 Å². The van der Waals surface area contributed by atoms with Crippen LogP contribution in [0, 0.1) is 10.8 Å². The average Bonchev–Trinajstić information content (AvgIpc) is 2.29. The Kier molecular flexibility index (Phi) is 10.1. The lowest BCUT2D eigenvalue weighted by Crippen LogP contribution is -2.25. The van der Waals surface area contributed by atoms with Crippen LogP contribution in [-0.2, 0) is 14.3 Å². The van der Waals surface area contributed by atoms with Gasteiger partial charge < -0.3 is 9.84 Å². The fourth-order valence-corrected chi connectivity index (χ4v) is 1.24. The van der Waals surface area contributed by atoms with Gasteiger partial charge in [0.15, 0.2) is 6.07 Å². The molecule has 0 heterocycles. The first-order valence-electron chi connectivity index (χ1n) is 6.23. The molecule has 0 aromatic rings. The molecule has 0 rings (SSSR count). The van der Waals surface area contributed by atoms with Crippen LogP contribution in [0.25, 0.3) is 0 Å². The highest BCUT2D eigenvalue weighted by Gasteiger charge is 2.27. The number of carboxylic acids is 1. The van der Waals surface area contributed by atoms with Crippen LogP contribution in [0.15, 0.2) is 25.3 Å². The summed E-state index contributed by atoms with van der Waals surface area (Å²) in [6, 6.07) is -0.0839. The minimum absolute atomic E-state index is 0.0839. The molecule has 0 aliphatic rings. The molecule has 4 nitrogen and oxygen atoms in total. The second-order valence-corrected chi connectivity index (χ2v) is 5.82. The van der Waals surface area contributed by atoms with E-state index in [-0.39, 0.29) is 12.0 Å². The van der Waals surface area contributed by atoms with Crippen LogP contribution in [0.4, 0.5) is 0 Å². The molecule has 5 heteroatoms. The third-order valence-corrected chi connectivity index (χ3v) is 2.74. The van der Waals surface area contributed by atoms with Crippen molar-refractivity contribution in [2.75, 3.05) is 6.07 Å². The van der Waals surface area contributed by atoms with Gasteiger partial charge in [0.2, 0.25) is 0 Å². The number of hydrogen-bond donors (Lipinski definition) is 1. The molecule has 0 fully saturated rings. The Bertz CT molecular complexity index is 346. The number of esters is 1. The highest BCUT2D eigenvalue weighted by Crippen LogP contribution is 2.22. The molecule has 0 atom stereocenters. The van der Waals surface area contributed by atoms with Crippen LogP contribution in [0.1, 0.15) is 40.5 Å². The van der Waals surface area contributed by atoms with Crippen molar-refractivity contribution in [2.24, 2.45) is 10.8 Å². The van der Waals surface area contributed by atoms with E-state index < -0.39 is 16.8 Å². The van der Waals surface area contributed by atoms with Crippen molar-refractivity contribution in [3.05, 3.63) is 25.3 Å². The molecule has 20 heavy (non-hydrogen) atoms. The summed E-state index contributed by atoms with van der Waals surface area (Å²) in [5.41, 5.74) is -1.15. The number of alkyl halides is 1. The zero-order chi connectivity index (χ0) is 16.4. The van der Waals surface area contributed by atoms with Crippen LogP contribution in [-0.4, -0.2) is 23.1 Å². The normalized spacial score (nSPS) is 10.8. The van der Waals surface area contributed by atoms with Crippen LogP contribution in [0.2, 0.25) is 0 Å². The van der Waals surface area contributed by atoms with Gasteiger partial charge in [0.25, 0.3) is 0 Å². The van der Waals surface area contributed by atoms with E-state index in [9.17, 15) is 9.59 Å². The molecule has 0 aliphatic heterocycles. The minimum Gasteiger partial charge on any atom is -0.481 e. The van der Waals surface area contributed by atoms with E-state index in [1.54, 1.807) is 39.8 Å². The van der Waals surface area contributed by atoms with Crippen LogP contribution in [0.3, 0.4) is 0 Å². The summed E-state index contributed by atoms with van der Waals surface area (Å²) in [7, 11) is 0. The standard InChI is InChI=1S/C8H13ClO2.C7H12O2/c1-4-5-8(2,3)7(10)11-6-9;1-4-5-7(2,3)6(8)9/h4H,1,5-6H2,2-3H3;4H,1,5H2,2-3H3,(H,8,9). The third-order valence-electron chi connectivity index (χ3n) is 2.63. The zero-order valence-electron chi connectivity index (χ0n) is 12.7. The van der Waals surface area contributed by atoms with Gasteiger partial charge >= 0.3 is 11.9 Å². The first-order valence-corrected chi connectivity index (χ1v) is 6.77. The van der Waals surface area contributed by atoms with E-state index in [0.29, 0.717) is 12.8 Å². The summed E-state index contributed by atoms with van der Waals surface area (Å²) in [5, 5.41) is 8.52. The second-order valence-electron chi connectivity index (χ2n) is 5.60. The first-order chi connectivity index (χ1) is 9.05. The Labute approximate surface area is 126 Å². The van der Waals surface area contributed by atoms with Crippen LogP contribution >= 0.6 is 11.6 Å². The Morgan fingerprint density at radius 2 is 1.50 bits per heavy atom. The van der Waals surface area contributed by atoms with Gasteiger partial charge in [-0.3, -0.25) is 9.59 Å². The van der Waals surface area contributed by atoms with E-state index in [1.165, 1.54) is 0 Å². The molecule has 0 aromatic carbocycles. The molecule has 0 saturated heterocycles. The van der Waals surface area contributed by atoms with Crippen molar-refractivity contribution in [3.8, 4) is 0 Å². The summed E-state index contributed by atoms with van der Waals surface area (Å²) in [6.45, 7) is 14.0. The molecule has 0 amide bonds. The minimum atomic E-state index is -0.776. The molecule has 116 valence electrons. The fourth-order valence-electron chi connectivity index (χ4n) is 1.14. The van der Waals surface area contributed by atoms with Gasteiger partial charge in [0.05, 0.1) is 10.8 Å². The Morgan fingerprint density at radius 3 is 1.75 bits per heavy atom. The lowest BCUT2D eigenvalue weighted by atomic mass is 9.90. The Morgan fingerprint density at radius 1 is 1.10 bits per heavy atom. The van der Waals surface area contributed by atoms with Gasteiger partial charge in [-0.2, -0.15) is 0 Å². The highest BCUT2D eigenvalue weighted by atomic mass is 35.5. The number of halogens is 1. The lowest BCUT2D eigenvalue weighted by molar-refractivity contribution is -0.151. The summed E-state index contributed by atoms with van der Waals surface area (Å²) < 4.78 is 4.64. The second kappa shape index (κ2) is 9.59. The van der Waals surface area contributed by atoms with Crippen LogP contribution < -0.4 is 0 Å². The predicted octanol–water partition coefficient (Wildman–Crippen LogP) is 4.00. The maximum atomic E-state index is 11.1. The van der Waals surface area contributed by atoms with Gasteiger partial charge in [-0.1, -0.05) is 23.8 Å². The zero-order valence-corrected chi connectivity index (χ0v) is 13.5. The number of aliphatic carboxylic acids is 1. The SMILES string of the molecule is C=CCC(C)(C)C(=O)O.C=CCC(C)(C)C(=O)OCCl. The molecule has 0 bridgehead atoms. The maximum Gasteiger partial charge on any atom is 0.313 e. The van der Waals surface area contributed by atoms with Crippen molar-refractivity contribution in [2.45, 2.75) is 40.5 Å². The van der Waals surface area contributed by atoms with Gasteiger partial charge in [0, 0.05) is 0 Å². The largest absolute Gasteiger partial charge is 0.481 e. The number of ether oxygens (including phenoxy) is 1. The number of hydrogen-bond acceptors (Lipinski definition) is 3. The van der Waals surface area contributed by atoms with E-state index in [0.717, 1.165) is 0 Å². The first kappa shape index (κ1) is 21.0. The van der Waals surface area contributed by atoms with Crippen molar-refractivity contribution < 1.29 is 19.4 Å². The van der Waals surface area contributed by atoms with Crippen molar-refractivity contribution in [3.63, 3.8) is 0 Å². The van der Waals surface area contributed by atoms with Crippen molar-refractivity contribution in [1.29, 1.82) is 0 Å². The molecule has 0 saturated carbocycles. The summed E-state index contributed by atoms with van der Waals surface area (Å²) in [6.07, 6.45) is 4.43. The summed E-state index contributed by atoms with van der Waals surface area (Å²) in [5.74, 6) is -1.06. The third kappa shape index (κ3) is 8.75. The summed E-state index contributed by atoms with van der Waals surface area (Å²) >= 11 is 5.23. The Hall–Kier alpha value is -1.29. The van der Waals surface area contributed by atoms with Crippen LogP contribution in [0.5, 0.6) is 0 Å². The van der Waals surface area contributed by atoms with E-state index in [2.05, 4.69) is 17.9 Å². The maximum absolute atomic E-state index is 11.1. The molecule has 1 N–H and O–H groups in total. The molecule has 0 aromatic heterocycles. The van der Waals surface area contributed by atoms with Gasteiger partial charge in [-0.05, 0) is 40.5 Å². The lowest BCUT2D eigenvalue weighted by Gasteiger charge is -2.19. The number of carboxylic acid groups (broad SMARTS) is 1. The van der Waals surface area contributed by atoms with E-state index >= 15 is 0 Å². The average molecular weight is 305 g/mol. The molecule has 0 unspecified atom stereocenters. The number of carbonyl (C=O) groups is 2. The van der Waals surface area contributed by atoms with E-state index in [1.807, 2.05) is 0 Å². The predicted molar refractivity (Wildman–Crippen MR) is 81.6 cm³/mol. The topological polar surface area (TPSA) is 63.6 Å². The number of allylic oxidation sites excluding steroid dienone is 2.